The average molecular weight is 399 g/mol. The molecule has 1 N–H and O–H groups in total. The Labute approximate surface area is 167 Å². The maximum Gasteiger partial charge on any atom is 0.364 e. The summed E-state index contributed by atoms with van der Waals surface area (Å²) in [4.78, 5) is 33.8. The average Bonchev–Trinajstić information content (AvgIpc) is 2.67. The number of aromatic nitrogens is 3. The van der Waals surface area contributed by atoms with Crippen LogP contribution in [0.1, 0.15) is 28.7 Å². The third-order valence-electron chi connectivity index (χ3n) is 4.26. The van der Waals surface area contributed by atoms with E-state index in [1.807, 2.05) is 13.8 Å². The number of pyridine rings is 1. The van der Waals surface area contributed by atoms with E-state index in [1.54, 1.807) is 49.6 Å². The topological polar surface area (TPSA) is 86.1 Å². The van der Waals surface area contributed by atoms with Gasteiger partial charge in [0.15, 0.2) is 11.5 Å². The predicted molar refractivity (Wildman–Crippen MR) is 108 cm³/mol. The molecule has 8 heteroatoms. The van der Waals surface area contributed by atoms with E-state index in [-0.39, 0.29) is 22.8 Å². The van der Waals surface area contributed by atoms with Crippen molar-refractivity contribution < 1.29 is 9.53 Å². The molecule has 2 aromatic heterocycles. The second-order valence-corrected chi connectivity index (χ2v) is 6.49. The number of carbonyl (C=O) groups excluding carboxylic acids is 1. The van der Waals surface area contributed by atoms with Crippen molar-refractivity contribution >= 4 is 29.1 Å². The van der Waals surface area contributed by atoms with Crippen molar-refractivity contribution in [2.45, 2.75) is 27.3 Å². The van der Waals surface area contributed by atoms with Gasteiger partial charge in [-0.1, -0.05) is 23.7 Å². The zero-order valence-electron chi connectivity index (χ0n) is 15.7. The number of ether oxygens (including phenoxy) is 1. The molecule has 0 fully saturated rings. The van der Waals surface area contributed by atoms with Crippen molar-refractivity contribution in [2.75, 3.05) is 5.32 Å². The molecule has 0 atom stereocenters. The number of carbonyl (C=O) groups is 1. The summed E-state index contributed by atoms with van der Waals surface area (Å²) in [5.41, 5.74) is 1.63. The van der Waals surface area contributed by atoms with Crippen LogP contribution in [0.15, 0.2) is 47.5 Å². The van der Waals surface area contributed by atoms with Gasteiger partial charge >= 0.3 is 5.97 Å². The number of hydrogen-bond donors (Lipinski definition) is 1. The fourth-order valence-electron chi connectivity index (χ4n) is 2.70. The van der Waals surface area contributed by atoms with Gasteiger partial charge in [0.05, 0.1) is 22.6 Å². The third-order valence-corrected chi connectivity index (χ3v) is 4.57. The Kier molecular flexibility index (Phi) is 5.75. The molecule has 1 aromatic carbocycles. The molecule has 0 unspecified atom stereocenters. The molecule has 2 heterocycles. The number of benzene rings is 1. The van der Waals surface area contributed by atoms with Crippen LogP contribution in [0, 0.1) is 13.8 Å². The van der Waals surface area contributed by atoms with Crippen LogP contribution in [0.4, 0.5) is 11.5 Å². The van der Waals surface area contributed by atoms with Crippen molar-refractivity contribution in [3.63, 3.8) is 0 Å². The lowest BCUT2D eigenvalue weighted by Crippen LogP contribution is -2.29. The van der Waals surface area contributed by atoms with Crippen LogP contribution < -0.4 is 15.6 Å². The molecule has 0 saturated carbocycles. The zero-order chi connectivity index (χ0) is 20.3. The number of anilines is 2. The lowest BCUT2D eigenvalue weighted by molar-refractivity contribution is 0.0726. The second-order valence-electron chi connectivity index (χ2n) is 6.08. The molecule has 0 amide bonds. The fraction of sp³-hybridized carbons (Fsp3) is 0.200. The molecule has 144 valence electrons. The number of aryl methyl sites for hydroxylation is 1. The number of nitrogens with zero attached hydrogens (tertiary/aromatic N) is 3. The Morgan fingerprint density at radius 2 is 2.00 bits per heavy atom. The largest absolute Gasteiger partial charge is 0.420 e. The van der Waals surface area contributed by atoms with Gasteiger partial charge in [0, 0.05) is 12.7 Å². The van der Waals surface area contributed by atoms with Gasteiger partial charge < -0.3 is 14.6 Å². The molecule has 0 aliphatic carbocycles. The highest BCUT2D eigenvalue weighted by Gasteiger charge is 2.21. The van der Waals surface area contributed by atoms with Gasteiger partial charge in [-0.2, -0.15) is 0 Å². The minimum atomic E-state index is -0.696. The molecule has 3 aromatic rings. The maximum absolute atomic E-state index is 12.8. The van der Waals surface area contributed by atoms with Crippen LogP contribution in [-0.2, 0) is 6.54 Å². The van der Waals surface area contributed by atoms with Crippen LogP contribution in [0.25, 0.3) is 0 Å². The standard InChI is InChI=1S/C20H19ClN4O3/c1-4-25-13(3)17(20(27)28-16-8-6-5-7-14(16)21)24-18(19(25)26)23-15-11-22-10-9-12(15)2/h5-11H,4H2,1-3H3,(H,23,24). The van der Waals surface area contributed by atoms with Gasteiger partial charge in [0.1, 0.15) is 5.75 Å². The van der Waals surface area contributed by atoms with Gasteiger partial charge in [0.25, 0.3) is 5.56 Å². The summed E-state index contributed by atoms with van der Waals surface area (Å²) in [6.45, 7) is 5.72. The van der Waals surface area contributed by atoms with Crippen LogP contribution in [0.3, 0.4) is 0 Å². The predicted octanol–water partition coefficient (Wildman–Crippen LogP) is 3.89. The number of halogens is 1. The van der Waals surface area contributed by atoms with Gasteiger partial charge in [-0.3, -0.25) is 9.78 Å². The summed E-state index contributed by atoms with van der Waals surface area (Å²) < 4.78 is 6.85. The Morgan fingerprint density at radius 3 is 2.68 bits per heavy atom. The van der Waals surface area contributed by atoms with E-state index in [1.165, 1.54) is 4.57 Å². The van der Waals surface area contributed by atoms with Crippen LogP contribution >= 0.6 is 11.6 Å². The number of hydrogen-bond acceptors (Lipinski definition) is 6. The summed E-state index contributed by atoms with van der Waals surface area (Å²) in [6.07, 6.45) is 3.24. The first-order valence-electron chi connectivity index (χ1n) is 8.68. The minimum Gasteiger partial charge on any atom is -0.420 e. The molecule has 28 heavy (non-hydrogen) atoms. The lowest BCUT2D eigenvalue weighted by Gasteiger charge is -2.15. The Balaban J connectivity index is 2.04. The molecule has 0 aliphatic rings. The van der Waals surface area contributed by atoms with Crippen molar-refractivity contribution in [2.24, 2.45) is 0 Å². The van der Waals surface area contributed by atoms with Crippen molar-refractivity contribution in [1.82, 2.24) is 14.5 Å². The molecular weight excluding hydrogens is 380 g/mol. The first-order chi connectivity index (χ1) is 13.4. The van der Waals surface area contributed by atoms with Crippen molar-refractivity contribution in [3.8, 4) is 5.75 Å². The van der Waals surface area contributed by atoms with Crippen LogP contribution in [-0.4, -0.2) is 20.5 Å². The third kappa shape index (κ3) is 3.89. The molecule has 0 aliphatic heterocycles. The first-order valence-corrected chi connectivity index (χ1v) is 9.06. The minimum absolute atomic E-state index is 0.0228. The van der Waals surface area contributed by atoms with E-state index in [0.717, 1.165) is 5.56 Å². The van der Waals surface area contributed by atoms with Crippen molar-refractivity contribution in [1.29, 1.82) is 0 Å². The van der Waals surface area contributed by atoms with E-state index < -0.39 is 5.97 Å². The summed E-state index contributed by atoms with van der Waals surface area (Å²) >= 11 is 6.06. The van der Waals surface area contributed by atoms with Gasteiger partial charge in [0.2, 0.25) is 0 Å². The molecular formula is C20H19ClN4O3. The second kappa shape index (κ2) is 8.22. The summed E-state index contributed by atoms with van der Waals surface area (Å²) in [6, 6.07) is 8.46. The molecule has 0 saturated heterocycles. The smallest absolute Gasteiger partial charge is 0.364 e. The monoisotopic (exact) mass is 398 g/mol. The SMILES string of the molecule is CCn1c(C)c(C(=O)Oc2ccccc2Cl)nc(Nc2cnccc2C)c1=O. The zero-order valence-corrected chi connectivity index (χ0v) is 16.4. The Hall–Kier alpha value is -3.19. The number of para-hydroxylation sites is 1. The summed E-state index contributed by atoms with van der Waals surface area (Å²) in [5, 5.41) is 3.28. The van der Waals surface area contributed by atoms with E-state index in [2.05, 4.69) is 15.3 Å². The highest BCUT2D eigenvalue weighted by molar-refractivity contribution is 6.32. The summed E-state index contributed by atoms with van der Waals surface area (Å²) in [7, 11) is 0. The molecule has 7 nitrogen and oxygen atoms in total. The molecule has 0 bridgehead atoms. The normalized spacial score (nSPS) is 10.6. The highest BCUT2D eigenvalue weighted by Crippen LogP contribution is 2.24. The van der Waals surface area contributed by atoms with E-state index in [9.17, 15) is 9.59 Å². The first kappa shape index (κ1) is 19.6. The quantitative estimate of drug-likeness (QED) is 0.518. The Bertz CT molecular complexity index is 1100. The molecule has 3 rings (SSSR count). The summed E-state index contributed by atoms with van der Waals surface area (Å²) in [5.74, 6) is -0.448. The number of esters is 1. The van der Waals surface area contributed by atoms with Crippen LogP contribution in [0.2, 0.25) is 5.02 Å². The van der Waals surface area contributed by atoms with Crippen molar-refractivity contribution in [3.05, 3.63) is 75.1 Å². The number of rotatable bonds is 5. The Morgan fingerprint density at radius 1 is 1.25 bits per heavy atom. The van der Waals surface area contributed by atoms with Gasteiger partial charge in [-0.15, -0.1) is 0 Å². The van der Waals surface area contributed by atoms with E-state index >= 15 is 0 Å². The highest BCUT2D eigenvalue weighted by atomic mass is 35.5. The van der Waals surface area contributed by atoms with Gasteiger partial charge in [-0.05, 0) is 44.5 Å². The lowest BCUT2D eigenvalue weighted by atomic mass is 10.2. The van der Waals surface area contributed by atoms with E-state index in [4.69, 9.17) is 16.3 Å². The van der Waals surface area contributed by atoms with Gasteiger partial charge in [-0.25, -0.2) is 9.78 Å². The molecule has 0 spiro atoms. The molecule has 0 radical (unpaired) electrons. The maximum atomic E-state index is 12.8. The number of nitrogens with one attached hydrogen (secondary N) is 1. The van der Waals surface area contributed by atoms with Crippen LogP contribution in [0.5, 0.6) is 5.75 Å². The van der Waals surface area contributed by atoms with E-state index in [0.29, 0.717) is 22.9 Å². The fourth-order valence-corrected chi connectivity index (χ4v) is 2.88.